The van der Waals surface area contributed by atoms with Crippen LogP contribution >= 0.6 is 0 Å². The molecule has 0 spiro atoms. The van der Waals surface area contributed by atoms with Crippen molar-refractivity contribution in [3.8, 4) is 17.0 Å². The van der Waals surface area contributed by atoms with Crippen LogP contribution < -0.4 is 10.1 Å². The minimum atomic E-state index is -0.134. The van der Waals surface area contributed by atoms with E-state index in [1.165, 1.54) is 0 Å². The highest BCUT2D eigenvalue weighted by Gasteiger charge is 2.09. The van der Waals surface area contributed by atoms with Gasteiger partial charge in [0.25, 0.3) is 5.91 Å². The number of hydrogen-bond donors (Lipinski definition) is 1. The maximum absolute atomic E-state index is 12.4. The molecular weight excluding hydrogens is 350 g/mol. The molecule has 0 saturated heterocycles. The van der Waals surface area contributed by atoms with Gasteiger partial charge in [-0.2, -0.15) is 0 Å². The van der Waals surface area contributed by atoms with E-state index in [4.69, 9.17) is 4.74 Å². The number of aryl methyl sites for hydroxylation is 1. The number of aromatic nitrogens is 2. The molecular formula is C23H21N3O2. The predicted octanol–water partition coefficient (Wildman–Crippen LogP) is 4.12. The second-order valence-electron chi connectivity index (χ2n) is 6.55. The highest BCUT2D eigenvalue weighted by Crippen LogP contribution is 2.19. The zero-order valence-electron chi connectivity index (χ0n) is 15.6. The van der Waals surface area contributed by atoms with Crippen LogP contribution in [0.5, 0.6) is 5.75 Å². The lowest BCUT2D eigenvalue weighted by Gasteiger charge is -2.09. The molecule has 0 aliphatic carbocycles. The Morgan fingerprint density at radius 3 is 2.61 bits per heavy atom. The van der Waals surface area contributed by atoms with Gasteiger partial charge in [0.2, 0.25) is 0 Å². The van der Waals surface area contributed by atoms with Crippen LogP contribution in [0.1, 0.15) is 15.9 Å². The van der Waals surface area contributed by atoms with Gasteiger partial charge in [-0.15, -0.1) is 0 Å². The molecule has 0 aliphatic heterocycles. The van der Waals surface area contributed by atoms with Crippen LogP contribution in [0.4, 0.5) is 0 Å². The van der Waals surface area contributed by atoms with E-state index in [1.807, 2.05) is 78.2 Å². The third-order valence-electron chi connectivity index (χ3n) is 4.52. The van der Waals surface area contributed by atoms with Crippen LogP contribution in [0, 0.1) is 6.92 Å². The molecule has 0 fully saturated rings. The maximum Gasteiger partial charge on any atom is 0.252 e. The number of fused-ring (bicyclic) bond motifs is 1. The number of amides is 1. The fourth-order valence-corrected chi connectivity index (χ4v) is 3.02. The number of para-hydroxylation sites is 1. The van der Waals surface area contributed by atoms with Gasteiger partial charge in [0.15, 0.2) is 0 Å². The fourth-order valence-electron chi connectivity index (χ4n) is 3.02. The van der Waals surface area contributed by atoms with Gasteiger partial charge in [-0.3, -0.25) is 4.79 Å². The summed E-state index contributed by atoms with van der Waals surface area (Å²) in [4.78, 5) is 17.1. The van der Waals surface area contributed by atoms with Gasteiger partial charge in [-0.1, -0.05) is 48.5 Å². The van der Waals surface area contributed by atoms with Crippen molar-refractivity contribution in [2.75, 3.05) is 13.2 Å². The number of ether oxygens (including phenoxy) is 1. The van der Waals surface area contributed by atoms with Crippen LogP contribution in [0.15, 0.2) is 79.1 Å². The highest BCUT2D eigenvalue weighted by atomic mass is 16.5. The summed E-state index contributed by atoms with van der Waals surface area (Å²) in [5, 5.41) is 2.89. The lowest BCUT2D eigenvalue weighted by atomic mass is 10.2. The average Bonchev–Trinajstić information content (AvgIpc) is 3.16. The first-order valence-electron chi connectivity index (χ1n) is 9.21. The summed E-state index contributed by atoms with van der Waals surface area (Å²) in [6.07, 6.45) is 3.73. The van der Waals surface area contributed by atoms with E-state index in [-0.39, 0.29) is 5.91 Å². The quantitative estimate of drug-likeness (QED) is 0.519. The van der Waals surface area contributed by atoms with Crippen molar-refractivity contribution in [3.63, 3.8) is 0 Å². The number of pyridine rings is 1. The lowest BCUT2D eigenvalue weighted by molar-refractivity contribution is 0.0946. The number of rotatable bonds is 6. The van der Waals surface area contributed by atoms with Gasteiger partial charge in [-0.05, 0) is 30.7 Å². The smallest absolute Gasteiger partial charge is 0.252 e. The Bertz CT molecular complexity index is 1100. The largest absolute Gasteiger partial charge is 0.491 e. The molecule has 2 aromatic heterocycles. The van der Waals surface area contributed by atoms with Crippen molar-refractivity contribution < 1.29 is 9.53 Å². The predicted molar refractivity (Wildman–Crippen MR) is 110 cm³/mol. The number of nitrogens with one attached hydrogen (secondary N) is 1. The van der Waals surface area contributed by atoms with Crippen LogP contribution in [0.3, 0.4) is 0 Å². The summed E-state index contributed by atoms with van der Waals surface area (Å²) in [5.41, 5.74) is 4.39. The molecule has 1 N–H and O–H groups in total. The van der Waals surface area contributed by atoms with Gasteiger partial charge in [0.05, 0.1) is 17.8 Å². The van der Waals surface area contributed by atoms with Gasteiger partial charge < -0.3 is 14.5 Å². The van der Waals surface area contributed by atoms with Gasteiger partial charge in [-0.25, -0.2) is 4.98 Å². The summed E-state index contributed by atoms with van der Waals surface area (Å²) < 4.78 is 7.59. The van der Waals surface area contributed by atoms with Crippen molar-refractivity contribution >= 4 is 11.6 Å². The summed E-state index contributed by atoms with van der Waals surface area (Å²) in [5.74, 6) is 0.704. The molecule has 0 radical (unpaired) electrons. The molecule has 1 amide bonds. The summed E-state index contributed by atoms with van der Waals surface area (Å²) in [6, 6.07) is 21.4. The molecule has 0 saturated carbocycles. The molecule has 2 aromatic carbocycles. The van der Waals surface area contributed by atoms with E-state index >= 15 is 0 Å². The Morgan fingerprint density at radius 1 is 1.00 bits per heavy atom. The number of carbonyl (C=O) groups is 1. The first-order chi connectivity index (χ1) is 13.7. The SMILES string of the molecule is Cc1ccccc1OCCNC(=O)c1ccc2nc(-c3ccccc3)cn2c1. The minimum absolute atomic E-state index is 0.134. The number of nitrogens with zero attached hydrogens (tertiary/aromatic N) is 2. The first-order valence-corrected chi connectivity index (χ1v) is 9.21. The van der Waals surface area contributed by atoms with Crippen molar-refractivity contribution in [3.05, 3.63) is 90.3 Å². The normalized spacial score (nSPS) is 10.8. The molecule has 2 heterocycles. The monoisotopic (exact) mass is 371 g/mol. The standard InChI is InChI=1S/C23H21N3O2/c1-17-7-5-6-10-21(17)28-14-13-24-23(27)19-11-12-22-25-20(16-26(22)15-19)18-8-3-2-4-9-18/h2-12,15-16H,13-14H2,1H3,(H,24,27). The number of imidazole rings is 1. The van der Waals surface area contributed by atoms with E-state index in [2.05, 4.69) is 10.3 Å². The molecule has 5 nitrogen and oxygen atoms in total. The third-order valence-corrected chi connectivity index (χ3v) is 4.52. The van der Waals surface area contributed by atoms with Gasteiger partial charge in [0.1, 0.15) is 18.0 Å². The Kier molecular flexibility index (Phi) is 5.06. The molecule has 0 bridgehead atoms. The molecule has 28 heavy (non-hydrogen) atoms. The van der Waals surface area contributed by atoms with Gasteiger partial charge >= 0.3 is 0 Å². The molecule has 4 rings (SSSR count). The second kappa shape index (κ2) is 7.96. The average molecular weight is 371 g/mol. The molecule has 0 atom stereocenters. The van der Waals surface area contributed by atoms with Gasteiger partial charge in [0, 0.05) is 18.0 Å². The van der Waals surface area contributed by atoms with Crippen molar-refractivity contribution in [2.24, 2.45) is 0 Å². The molecule has 5 heteroatoms. The fraction of sp³-hybridized carbons (Fsp3) is 0.130. The molecule has 0 aliphatic rings. The Balaban J connectivity index is 1.39. The second-order valence-corrected chi connectivity index (χ2v) is 6.55. The Morgan fingerprint density at radius 2 is 1.79 bits per heavy atom. The van der Waals surface area contributed by atoms with Crippen molar-refractivity contribution in [1.82, 2.24) is 14.7 Å². The molecule has 0 unspecified atom stereocenters. The number of benzene rings is 2. The molecule has 4 aromatic rings. The van der Waals surface area contributed by atoms with Crippen LogP contribution in [0.25, 0.3) is 16.9 Å². The zero-order valence-corrected chi connectivity index (χ0v) is 15.6. The van der Waals surface area contributed by atoms with Crippen molar-refractivity contribution in [1.29, 1.82) is 0 Å². The maximum atomic E-state index is 12.4. The van der Waals surface area contributed by atoms with Crippen LogP contribution in [-0.2, 0) is 0 Å². The third kappa shape index (κ3) is 3.88. The number of carbonyl (C=O) groups excluding carboxylic acids is 1. The highest BCUT2D eigenvalue weighted by molar-refractivity contribution is 5.94. The lowest BCUT2D eigenvalue weighted by Crippen LogP contribution is -2.28. The van der Waals surface area contributed by atoms with E-state index in [0.29, 0.717) is 18.7 Å². The molecule has 140 valence electrons. The van der Waals surface area contributed by atoms with E-state index < -0.39 is 0 Å². The van der Waals surface area contributed by atoms with Crippen LogP contribution in [-0.4, -0.2) is 28.4 Å². The van der Waals surface area contributed by atoms with Crippen LogP contribution in [0.2, 0.25) is 0 Å². The summed E-state index contributed by atoms with van der Waals surface area (Å²) in [6.45, 7) is 2.85. The van der Waals surface area contributed by atoms with Crippen molar-refractivity contribution in [2.45, 2.75) is 6.92 Å². The minimum Gasteiger partial charge on any atom is -0.491 e. The zero-order chi connectivity index (χ0) is 19.3. The summed E-state index contributed by atoms with van der Waals surface area (Å²) in [7, 11) is 0. The Labute approximate surface area is 163 Å². The van der Waals surface area contributed by atoms with E-state index in [9.17, 15) is 4.79 Å². The van der Waals surface area contributed by atoms with E-state index in [1.54, 1.807) is 12.3 Å². The first kappa shape index (κ1) is 17.8. The topological polar surface area (TPSA) is 55.6 Å². The Hall–Kier alpha value is -3.60. The number of hydrogen-bond acceptors (Lipinski definition) is 3. The summed E-state index contributed by atoms with van der Waals surface area (Å²) >= 11 is 0. The van der Waals surface area contributed by atoms with E-state index in [0.717, 1.165) is 28.2 Å².